The van der Waals surface area contributed by atoms with Gasteiger partial charge in [-0.1, -0.05) is 12.1 Å². The summed E-state index contributed by atoms with van der Waals surface area (Å²) in [7, 11) is 0. The van der Waals surface area contributed by atoms with E-state index in [2.05, 4.69) is 19.9 Å². The van der Waals surface area contributed by atoms with Crippen LogP contribution < -0.4 is 0 Å². The third-order valence-electron chi connectivity index (χ3n) is 2.46. The van der Waals surface area contributed by atoms with Crippen molar-refractivity contribution in [1.82, 2.24) is 19.9 Å². The van der Waals surface area contributed by atoms with Gasteiger partial charge < -0.3 is 4.98 Å². The molecule has 3 aromatic rings. The molecule has 18 heavy (non-hydrogen) atoms. The summed E-state index contributed by atoms with van der Waals surface area (Å²) in [6.45, 7) is 1.95. The first-order valence-electron chi connectivity index (χ1n) is 5.34. The van der Waals surface area contributed by atoms with Gasteiger partial charge in [0.25, 0.3) is 0 Å². The number of imidazole rings is 1. The largest absolute Gasteiger partial charge is 0.333 e. The zero-order chi connectivity index (χ0) is 12.5. The van der Waals surface area contributed by atoms with Gasteiger partial charge in [0.15, 0.2) is 5.16 Å². The van der Waals surface area contributed by atoms with E-state index in [-0.39, 0.29) is 5.28 Å². The summed E-state index contributed by atoms with van der Waals surface area (Å²) in [4.78, 5) is 15.9. The first-order valence-corrected chi connectivity index (χ1v) is 6.53. The predicted molar refractivity (Wildman–Crippen MR) is 72.0 cm³/mol. The second kappa shape index (κ2) is 4.59. The summed E-state index contributed by atoms with van der Waals surface area (Å²) in [5, 5.41) is 1.86. The van der Waals surface area contributed by atoms with E-state index in [0.29, 0.717) is 0 Å². The molecule has 0 saturated carbocycles. The van der Waals surface area contributed by atoms with Crippen LogP contribution in [0.3, 0.4) is 0 Å². The van der Waals surface area contributed by atoms with Crippen LogP contribution in [0.2, 0.25) is 5.28 Å². The lowest BCUT2D eigenvalue weighted by molar-refractivity contribution is 0.989. The van der Waals surface area contributed by atoms with E-state index in [4.69, 9.17) is 11.6 Å². The fourth-order valence-corrected chi connectivity index (χ4v) is 2.60. The molecule has 0 atom stereocenters. The number of halogens is 1. The second-order valence-corrected chi connectivity index (χ2v) is 5.10. The summed E-state index contributed by atoms with van der Waals surface area (Å²) < 4.78 is 0. The number of para-hydroxylation sites is 2. The van der Waals surface area contributed by atoms with Crippen molar-refractivity contribution in [2.24, 2.45) is 0 Å². The van der Waals surface area contributed by atoms with Gasteiger partial charge in [0, 0.05) is 11.8 Å². The molecule has 0 aliphatic rings. The van der Waals surface area contributed by atoms with Gasteiger partial charge in [0.05, 0.1) is 11.0 Å². The molecule has 0 fully saturated rings. The number of H-pyrrole nitrogens is 1. The lowest BCUT2D eigenvalue weighted by atomic mass is 10.3. The second-order valence-electron chi connectivity index (χ2n) is 3.79. The zero-order valence-corrected chi connectivity index (χ0v) is 11.1. The summed E-state index contributed by atoms with van der Waals surface area (Å²) in [6.07, 6.45) is 1.71. The molecule has 0 saturated heterocycles. The summed E-state index contributed by atoms with van der Waals surface area (Å²) in [5.41, 5.74) is 2.93. The quantitative estimate of drug-likeness (QED) is 0.575. The average Bonchev–Trinajstić information content (AvgIpc) is 2.76. The van der Waals surface area contributed by atoms with Crippen molar-refractivity contribution in [3.63, 3.8) is 0 Å². The Morgan fingerprint density at radius 2 is 2.06 bits per heavy atom. The monoisotopic (exact) mass is 276 g/mol. The number of nitrogens with one attached hydrogen (secondary N) is 1. The third kappa shape index (κ3) is 2.19. The van der Waals surface area contributed by atoms with Crippen molar-refractivity contribution in [3.05, 3.63) is 41.3 Å². The Hall–Kier alpha value is -1.59. The Bertz CT molecular complexity index is 677. The van der Waals surface area contributed by atoms with Gasteiger partial charge in [0.1, 0.15) is 5.03 Å². The molecule has 1 aromatic carbocycles. The molecule has 0 aliphatic carbocycles. The Balaban J connectivity index is 1.98. The van der Waals surface area contributed by atoms with E-state index in [0.717, 1.165) is 26.8 Å². The van der Waals surface area contributed by atoms with E-state index in [1.807, 2.05) is 31.2 Å². The first kappa shape index (κ1) is 11.5. The van der Waals surface area contributed by atoms with Crippen LogP contribution in [0.1, 0.15) is 5.56 Å². The molecular formula is C12H9ClN4S. The predicted octanol–water partition coefficient (Wildman–Crippen LogP) is 3.47. The minimum absolute atomic E-state index is 0.249. The zero-order valence-electron chi connectivity index (χ0n) is 9.51. The lowest BCUT2D eigenvalue weighted by Crippen LogP contribution is -1.89. The third-order valence-corrected chi connectivity index (χ3v) is 3.63. The van der Waals surface area contributed by atoms with Gasteiger partial charge >= 0.3 is 0 Å². The Kier molecular flexibility index (Phi) is 2.93. The summed E-state index contributed by atoms with van der Waals surface area (Å²) in [6, 6.07) is 7.90. The van der Waals surface area contributed by atoms with Crippen LogP contribution in [0.4, 0.5) is 0 Å². The maximum Gasteiger partial charge on any atom is 0.223 e. The molecule has 0 spiro atoms. The van der Waals surface area contributed by atoms with Crippen LogP contribution in [0.5, 0.6) is 0 Å². The molecule has 3 rings (SSSR count). The Labute approximate surface area is 113 Å². The number of hydrogen-bond acceptors (Lipinski definition) is 4. The van der Waals surface area contributed by atoms with Gasteiger partial charge in [0.2, 0.25) is 5.28 Å². The molecular weight excluding hydrogens is 268 g/mol. The average molecular weight is 277 g/mol. The van der Waals surface area contributed by atoms with Crippen LogP contribution in [-0.4, -0.2) is 19.9 Å². The Morgan fingerprint density at radius 1 is 1.22 bits per heavy atom. The van der Waals surface area contributed by atoms with Crippen molar-refractivity contribution in [3.8, 4) is 0 Å². The summed E-state index contributed by atoms with van der Waals surface area (Å²) >= 11 is 7.25. The highest BCUT2D eigenvalue weighted by atomic mass is 35.5. The molecule has 90 valence electrons. The van der Waals surface area contributed by atoms with Crippen molar-refractivity contribution >= 4 is 34.4 Å². The van der Waals surface area contributed by atoms with Crippen molar-refractivity contribution < 1.29 is 0 Å². The van der Waals surface area contributed by atoms with Crippen LogP contribution in [0.25, 0.3) is 11.0 Å². The molecule has 2 aromatic heterocycles. The number of aromatic amines is 1. The maximum atomic E-state index is 5.80. The number of fused-ring (bicyclic) bond motifs is 1. The minimum atomic E-state index is 0.249. The number of aromatic nitrogens is 4. The molecule has 0 aliphatic heterocycles. The van der Waals surface area contributed by atoms with E-state index in [9.17, 15) is 0 Å². The number of hydrogen-bond donors (Lipinski definition) is 1. The number of rotatable bonds is 2. The molecule has 0 radical (unpaired) electrons. The van der Waals surface area contributed by atoms with Gasteiger partial charge in [-0.25, -0.2) is 15.0 Å². The molecule has 4 nitrogen and oxygen atoms in total. The topological polar surface area (TPSA) is 54.5 Å². The minimum Gasteiger partial charge on any atom is -0.333 e. The summed E-state index contributed by atoms with van der Waals surface area (Å²) in [5.74, 6) is 0. The standard InChI is InChI=1S/C12H9ClN4S/c1-7-6-14-11(13)17-10(7)18-12-15-8-4-2-3-5-9(8)16-12/h2-6H,1H3,(H,15,16). The SMILES string of the molecule is Cc1cnc(Cl)nc1Sc1nc2ccccc2[nH]1. The van der Waals surface area contributed by atoms with Crippen molar-refractivity contribution in [2.45, 2.75) is 17.1 Å². The maximum absolute atomic E-state index is 5.80. The van der Waals surface area contributed by atoms with E-state index in [1.165, 1.54) is 11.8 Å². The number of benzene rings is 1. The van der Waals surface area contributed by atoms with Crippen molar-refractivity contribution in [1.29, 1.82) is 0 Å². The van der Waals surface area contributed by atoms with E-state index < -0.39 is 0 Å². The fourth-order valence-electron chi connectivity index (χ4n) is 1.58. The smallest absolute Gasteiger partial charge is 0.223 e. The van der Waals surface area contributed by atoms with Gasteiger partial charge in [-0.3, -0.25) is 0 Å². The first-order chi connectivity index (χ1) is 8.72. The molecule has 0 unspecified atom stereocenters. The molecule has 0 amide bonds. The fraction of sp³-hybridized carbons (Fsp3) is 0.0833. The van der Waals surface area contributed by atoms with Gasteiger partial charge in [-0.15, -0.1) is 0 Å². The van der Waals surface area contributed by atoms with E-state index in [1.54, 1.807) is 6.20 Å². The highest BCUT2D eigenvalue weighted by molar-refractivity contribution is 7.99. The van der Waals surface area contributed by atoms with Crippen LogP contribution in [0, 0.1) is 6.92 Å². The van der Waals surface area contributed by atoms with Crippen LogP contribution >= 0.6 is 23.4 Å². The van der Waals surface area contributed by atoms with Gasteiger partial charge in [-0.2, -0.15) is 0 Å². The normalized spacial score (nSPS) is 11.0. The lowest BCUT2D eigenvalue weighted by Gasteiger charge is -2.01. The number of aryl methyl sites for hydroxylation is 1. The number of nitrogens with zero attached hydrogens (tertiary/aromatic N) is 3. The van der Waals surface area contributed by atoms with E-state index >= 15 is 0 Å². The van der Waals surface area contributed by atoms with Crippen LogP contribution in [0.15, 0.2) is 40.6 Å². The molecule has 6 heteroatoms. The van der Waals surface area contributed by atoms with Crippen LogP contribution in [-0.2, 0) is 0 Å². The molecule has 1 N–H and O–H groups in total. The van der Waals surface area contributed by atoms with Crippen molar-refractivity contribution in [2.75, 3.05) is 0 Å². The Morgan fingerprint density at radius 3 is 2.89 bits per heavy atom. The molecule has 0 bridgehead atoms. The molecule has 2 heterocycles. The van der Waals surface area contributed by atoms with Gasteiger partial charge in [-0.05, 0) is 42.4 Å². The highest BCUT2D eigenvalue weighted by Gasteiger charge is 2.08. The highest BCUT2D eigenvalue weighted by Crippen LogP contribution is 2.28.